The van der Waals surface area contributed by atoms with Crippen LogP contribution in [-0.4, -0.2) is 72.0 Å². The molecule has 1 aromatic carbocycles. The predicted molar refractivity (Wildman–Crippen MR) is 117 cm³/mol. The van der Waals surface area contributed by atoms with E-state index in [0.29, 0.717) is 12.6 Å². The van der Waals surface area contributed by atoms with Gasteiger partial charge in [-0.3, -0.25) is 9.69 Å². The standard InChI is InChI=1S/C23H29F3N4O3/c1-2-8-33-19-14-30(16-6-9-32-10-7-16)13-15(19)12-27-21(31)11-20-28-18-5-3-4-17(22(18)29-20)23(24,25)26/h3-5,12,15-16,19H,2,6-11,13-14H2,1H3,(H,28,29)/t15?,19-/m0/s1. The van der Waals surface area contributed by atoms with Crippen LogP contribution in [0.4, 0.5) is 13.2 Å². The van der Waals surface area contributed by atoms with Crippen molar-refractivity contribution in [1.29, 1.82) is 0 Å². The van der Waals surface area contributed by atoms with Gasteiger partial charge < -0.3 is 14.5 Å². The number of benzene rings is 1. The highest BCUT2D eigenvalue weighted by molar-refractivity contribution is 5.88. The average Bonchev–Trinajstić information content (AvgIpc) is 3.39. The lowest BCUT2D eigenvalue weighted by atomic mass is 10.1. The zero-order valence-electron chi connectivity index (χ0n) is 18.6. The normalized spacial score (nSPS) is 23.2. The van der Waals surface area contributed by atoms with Gasteiger partial charge in [0, 0.05) is 51.1 Å². The van der Waals surface area contributed by atoms with Crippen molar-refractivity contribution in [2.24, 2.45) is 10.9 Å². The van der Waals surface area contributed by atoms with Gasteiger partial charge in [0.2, 0.25) is 0 Å². The Hall–Kier alpha value is -2.30. The molecular formula is C23H29F3N4O3. The van der Waals surface area contributed by atoms with Crippen LogP contribution in [0.2, 0.25) is 0 Å². The number of rotatable bonds is 7. The van der Waals surface area contributed by atoms with Crippen LogP contribution in [0, 0.1) is 5.92 Å². The van der Waals surface area contributed by atoms with E-state index in [-0.39, 0.29) is 35.3 Å². The minimum atomic E-state index is -4.51. The number of imidazole rings is 1. The number of carbonyl (C=O) groups is 1. The summed E-state index contributed by atoms with van der Waals surface area (Å²) >= 11 is 0. The van der Waals surface area contributed by atoms with E-state index in [1.807, 2.05) is 0 Å². The van der Waals surface area contributed by atoms with Gasteiger partial charge in [0.1, 0.15) is 11.3 Å². The number of carbonyl (C=O) groups excluding carboxylic acids is 1. The van der Waals surface area contributed by atoms with Gasteiger partial charge in [-0.2, -0.15) is 13.2 Å². The van der Waals surface area contributed by atoms with Gasteiger partial charge in [-0.05, 0) is 31.4 Å². The first-order valence-corrected chi connectivity index (χ1v) is 11.4. The topological polar surface area (TPSA) is 79.8 Å². The van der Waals surface area contributed by atoms with Crippen molar-refractivity contribution in [3.8, 4) is 0 Å². The molecule has 2 fully saturated rings. The van der Waals surface area contributed by atoms with Gasteiger partial charge in [-0.1, -0.05) is 13.0 Å². The number of aliphatic imine (C=N–C) groups is 1. The van der Waals surface area contributed by atoms with E-state index in [4.69, 9.17) is 9.47 Å². The van der Waals surface area contributed by atoms with E-state index in [0.717, 1.165) is 51.6 Å². The number of fused-ring (bicyclic) bond motifs is 1. The lowest BCUT2D eigenvalue weighted by Gasteiger charge is -2.30. The average molecular weight is 467 g/mol. The zero-order chi connectivity index (χ0) is 23.4. The molecule has 1 N–H and O–H groups in total. The van der Waals surface area contributed by atoms with E-state index in [1.54, 1.807) is 6.21 Å². The van der Waals surface area contributed by atoms with Crippen molar-refractivity contribution in [3.05, 3.63) is 29.6 Å². The van der Waals surface area contributed by atoms with Crippen LogP contribution < -0.4 is 0 Å². The maximum atomic E-state index is 13.2. The van der Waals surface area contributed by atoms with Crippen LogP contribution in [0.3, 0.4) is 0 Å². The predicted octanol–water partition coefficient (Wildman–Crippen LogP) is 3.63. The highest BCUT2D eigenvalue weighted by Crippen LogP contribution is 2.33. The third-order valence-electron chi connectivity index (χ3n) is 6.18. The van der Waals surface area contributed by atoms with Crippen LogP contribution >= 0.6 is 0 Å². The van der Waals surface area contributed by atoms with Crippen LogP contribution in [-0.2, 0) is 26.9 Å². The van der Waals surface area contributed by atoms with Crippen LogP contribution in [0.1, 0.15) is 37.6 Å². The fourth-order valence-corrected chi connectivity index (χ4v) is 4.53. The van der Waals surface area contributed by atoms with Gasteiger partial charge in [-0.25, -0.2) is 9.98 Å². The number of halogens is 3. The lowest BCUT2D eigenvalue weighted by molar-refractivity contribution is -0.136. The summed E-state index contributed by atoms with van der Waals surface area (Å²) in [7, 11) is 0. The van der Waals surface area contributed by atoms with Crippen LogP contribution in [0.5, 0.6) is 0 Å². The Labute approximate surface area is 190 Å². The summed E-state index contributed by atoms with van der Waals surface area (Å²) in [6, 6.07) is 4.24. The number of H-pyrrole nitrogens is 1. The lowest BCUT2D eigenvalue weighted by Crippen LogP contribution is -2.38. The fourth-order valence-electron chi connectivity index (χ4n) is 4.53. The first kappa shape index (κ1) is 23.8. The minimum absolute atomic E-state index is 0.0177. The summed E-state index contributed by atoms with van der Waals surface area (Å²) in [6.45, 7) is 5.76. The van der Waals surface area contributed by atoms with Crippen LogP contribution in [0.15, 0.2) is 23.2 Å². The second-order valence-corrected chi connectivity index (χ2v) is 8.60. The molecule has 1 unspecified atom stereocenters. The molecule has 0 spiro atoms. The second-order valence-electron chi connectivity index (χ2n) is 8.60. The summed E-state index contributed by atoms with van der Waals surface area (Å²) in [5.74, 6) is -0.310. The molecule has 0 radical (unpaired) electrons. The number of hydrogen-bond acceptors (Lipinski definition) is 5. The molecule has 7 nitrogen and oxygen atoms in total. The Balaban J connectivity index is 1.42. The minimum Gasteiger partial charge on any atom is -0.381 e. The Morgan fingerprint density at radius 1 is 1.33 bits per heavy atom. The van der Waals surface area contributed by atoms with Gasteiger partial charge in [-0.15, -0.1) is 0 Å². The molecule has 33 heavy (non-hydrogen) atoms. The van der Waals surface area contributed by atoms with Gasteiger partial charge in [0.25, 0.3) is 5.91 Å². The third-order valence-corrected chi connectivity index (χ3v) is 6.18. The van der Waals surface area contributed by atoms with E-state index in [2.05, 4.69) is 26.8 Å². The Morgan fingerprint density at radius 3 is 2.85 bits per heavy atom. The number of likely N-dealkylation sites (tertiary alicyclic amines) is 1. The molecule has 0 bridgehead atoms. The molecular weight excluding hydrogens is 437 g/mol. The number of amides is 1. The van der Waals surface area contributed by atoms with Crippen molar-refractivity contribution >= 4 is 23.2 Å². The Bertz CT molecular complexity index is 985. The van der Waals surface area contributed by atoms with Gasteiger partial charge >= 0.3 is 6.18 Å². The first-order chi connectivity index (χ1) is 15.8. The number of aromatic amines is 1. The Morgan fingerprint density at radius 2 is 2.12 bits per heavy atom. The molecule has 4 rings (SSSR count). The highest BCUT2D eigenvalue weighted by Gasteiger charge is 2.37. The van der Waals surface area contributed by atoms with E-state index >= 15 is 0 Å². The fraction of sp³-hybridized carbons (Fsp3) is 0.609. The van der Waals surface area contributed by atoms with Crippen molar-refractivity contribution in [3.63, 3.8) is 0 Å². The molecule has 3 heterocycles. The summed E-state index contributed by atoms with van der Waals surface area (Å²) < 4.78 is 51.1. The third kappa shape index (κ3) is 5.80. The van der Waals surface area contributed by atoms with Crippen molar-refractivity contribution in [2.45, 2.75) is 50.9 Å². The molecule has 2 atom stereocenters. The van der Waals surface area contributed by atoms with Crippen molar-refractivity contribution in [2.75, 3.05) is 32.9 Å². The molecule has 2 aliphatic rings. The smallest absolute Gasteiger partial charge is 0.381 e. The van der Waals surface area contributed by atoms with Gasteiger partial charge in [0.05, 0.1) is 23.6 Å². The molecule has 2 saturated heterocycles. The monoisotopic (exact) mass is 466 g/mol. The van der Waals surface area contributed by atoms with E-state index < -0.39 is 17.6 Å². The number of ether oxygens (including phenoxy) is 2. The SMILES string of the molecule is CCCO[C@H]1CN(C2CCOCC2)CC1C=NC(=O)Cc1nc2c(C(F)(F)F)cccc2[nH]1. The van der Waals surface area contributed by atoms with Crippen molar-refractivity contribution < 1.29 is 27.4 Å². The first-order valence-electron chi connectivity index (χ1n) is 11.4. The summed E-state index contributed by atoms with van der Waals surface area (Å²) in [4.78, 5) is 25.8. The number of para-hydroxylation sites is 1. The highest BCUT2D eigenvalue weighted by atomic mass is 19.4. The Kier molecular flexibility index (Phi) is 7.45. The maximum absolute atomic E-state index is 13.2. The molecule has 0 saturated carbocycles. The summed E-state index contributed by atoms with van der Waals surface area (Å²) in [5.41, 5.74) is -0.770. The van der Waals surface area contributed by atoms with Gasteiger partial charge in [0.15, 0.2) is 0 Å². The summed E-state index contributed by atoms with van der Waals surface area (Å²) in [6.07, 6.45) is -0.233. The molecule has 1 aromatic heterocycles. The number of aromatic nitrogens is 2. The van der Waals surface area contributed by atoms with E-state index in [1.165, 1.54) is 12.1 Å². The molecule has 2 aromatic rings. The second kappa shape index (κ2) is 10.3. The number of nitrogens with zero attached hydrogens (tertiary/aromatic N) is 3. The zero-order valence-corrected chi connectivity index (χ0v) is 18.6. The van der Waals surface area contributed by atoms with Crippen molar-refractivity contribution in [1.82, 2.24) is 14.9 Å². The molecule has 0 aliphatic carbocycles. The number of nitrogens with one attached hydrogen (secondary N) is 1. The maximum Gasteiger partial charge on any atom is 0.418 e. The number of hydrogen-bond donors (Lipinski definition) is 1. The van der Waals surface area contributed by atoms with Crippen LogP contribution in [0.25, 0.3) is 11.0 Å². The number of alkyl halides is 3. The summed E-state index contributed by atoms with van der Waals surface area (Å²) in [5, 5.41) is 0. The molecule has 1 amide bonds. The largest absolute Gasteiger partial charge is 0.418 e. The quantitative estimate of drug-likeness (QED) is 0.631. The molecule has 2 aliphatic heterocycles. The van der Waals surface area contributed by atoms with E-state index in [9.17, 15) is 18.0 Å². The molecule has 180 valence electrons. The molecule has 10 heteroatoms.